The van der Waals surface area contributed by atoms with Crippen LogP contribution in [0.15, 0.2) is 36.7 Å². The van der Waals surface area contributed by atoms with Crippen LogP contribution in [0.3, 0.4) is 0 Å². The highest BCUT2D eigenvalue weighted by atomic mass is 35.5. The third-order valence-corrected chi connectivity index (χ3v) is 5.69. The van der Waals surface area contributed by atoms with E-state index in [1.807, 2.05) is 0 Å². The molecule has 1 aliphatic heterocycles. The fourth-order valence-electron chi connectivity index (χ4n) is 2.39. The number of hydrogen-bond donors (Lipinski definition) is 2. The molecule has 0 spiro atoms. The Morgan fingerprint density at radius 3 is 2.62 bits per heavy atom. The predicted molar refractivity (Wildman–Crippen MR) is 92.1 cm³/mol. The van der Waals surface area contributed by atoms with Gasteiger partial charge in [-0.05, 0) is 18.6 Å². The molecule has 1 aromatic carbocycles. The molecule has 2 heterocycles. The Balaban J connectivity index is 1.64. The lowest BCUT2D eigenvalue weighted by molar-refractivity contribution is 0.102. The zero-order valence-electron chi connectivity index (χ0n) is 12.6. The smallest absolute Gasteiger partial charge is 0.275 e. The molecule has 1 amide bonds. The highest BCUT2D eigenvalue weighted by Crippen LogP contribution is 2.21. The summed E-state index contributed by atoms with van der Waals surface area (Å²) in [5.74, 6) is 0.275. The van der Waals surface area contributed by atoms with Crippen molar-refractivity contribution in [2.75, 3.05) is 22.1 Å². The van der Waals surface area contributed by atoms with E-state index in [9.17, 15) is 13.2 Å². The number of rotatable bonds is 4. The Morgan fingerprint density at radius 1 is 1.21 bits per heavy atom. The first-order valence-corrected chi connectivity index (χ1v) is 9.48. The topological polar surface area (TPSA) is 101 Å². The Bertz CT molecular complexity index is 855. The van der Waals surface area contributed by atoms with Crippen LogP contribution >= 0.6 is 11.6 Å². The van der Waals surface area contributed by atoms with Gasteiger partial charge >= 0.3 is 0 Å². The van der Waals surface area contributed by atoms with Crippen molar-refractivity contribution in [2.24, 2.45) is 0 Å². The SMILES string of the molecule is O=C(Nc1ccccc1Cl)c1cnc(NC2CCS(=O)(=O)C2)cn1. The maximum absolute atomic E-state index is 12.1. The monoisotopic (exact) mass is 366 g/mol. The minimum absolute atomic E-state index is 0.0867. The molecule has 1 unspecified atom stereocenters. The van der Waals surface area contributed by atoms with Gasteiger partial charge in [-0.2, -0.15) is 0 Å². The van der Waals surface area contributed by atoms with Gasteiger partial charge in [0.2, 0.25) is 0 Å². The summed E-state index contributed by atoms with van der Waals surface area (Å²) in [5.41, 5.74) is 0.629. The maximum atomic E-state index is 12.1. The van der Waals surface area contributed by atoms with Gasteiger partial charge in [0.25, 0.3) is 5.91 Å². The molecule has 1 aliphatic rings. The van der Waals surface area contributed by atoms with E-state index in [0.29, 0.717) is 22.9 Å². The lowest BCUT2D eigenvalue weighted by Crippen LogP contribution is -2.22. The highest BCUT2D eigenvalue weighted by molar-refractivity contribution is 7.91. The van der Waals surface area contributed by atoms with E-state index >= 15 is 0 Å². The molecule has 1 fully saturated rings. The fourth-order valence-corrected chi connectivity index (χ4v) is 4.24. The Morgan fingerprint density at radius 2 is 2.00 bits per heavy atom. The van der Waals surface area contributed by atoms with Gasteiger partial charge in [0.1, 0.15) is 11.5 Å². The van der Waals surface area contributed by atoms with Crippen molar-refractivity contribution in [1.82, 2.24) is 9.97 Å². The number of para-hydroxylation sites is 1. The van der Waals surface area contributed by atoms with E-state index in [0.717, 1.165) is 0 Å². The molecule has 0 saturated carbocycles. The zero-order chi connectivity index (χ0) is 17.2. The second kappa shape index (κ2) is 6.74. The standard InChI is InChI=1S/C15H15ClN4O3S/c16-11-3-1-2-4-12(11)20-15(21)13-7-18-14(8-17-13)19-10-5-6-24(22,23)9-10/h1-4,7-8,10H,5-6,9H2,(H,18,19)(H,20,21). The number of anilines is 2. The molecule has 126 valence electrons. The van der Waals surface area contributed by atoms with Gasteiger partial charge in [-0.15, -0.1) is 0 Å². The number of sulfone groups is 1. The van der Waals surface area contributed by atoms with Gasteiger partial charge in [-0.3, -0.25) is 4.79 Å². The van der Waals surface area contributed by atoms with Gasteiger partial charge in [0.15, 0.2) is 9.84 Å². The summed E-state index contributed by atoms with van der Waals surface area (Å²) in [7, 11) is -2.96. The van der Waals surface area contributed by atoms with Crippen LogP contribution in [-0.2, 0) is 9.84 Å². The number of benzene rings is 1. The molecule has 24 heavy (non-hydrogen) atoms. The first-order valence-electron chi connectivity index (χ1n) is 7.28. The molecule has 3 rings (SSSR count). The van der Waals surface area contributed by atoms with Crippen LogP contribution in [0.1, 0.15) is 16.9 Å². The Labute approximate surface area is 144 Å². The predicted octanol–water partition coefficient (Wildman–Crippen LogP) is 1.98. The zero-order valence-corrected chi connectivity index (χ0v) is 14.1. The number of nitrogens with zero attached hydrogens (tertiary/aromatic N) is 2. The average Bonchev–Trinajstić information content (AvgIpc) is 2.89. The van der Waals surface area contributed by atoms with Crippen molar-refractivity contribution < 1.29 is 13.2 Å². The lowest BCUT2D eigenvalue weighted by atomic mass is 10.2. The normalized spacial score (nSPS) is 19.0. The van der Waals surface area contributed by atoms with Crippen molar-refractivity contribution in [3.8, 4) is 0 Å². The van der Waals surface area contributed by atoms with E-state index in [-0.39, 0.29) is 23.2 Å². The minimum atomic E-state index is -2.96. The highest BCUT2D eigenvalue weighted by Gasteiger charge is 2.28. The van der Waals surface area contributed by atoms with E-state index in [1.165, 1.54) is 12.4 Å². The number of carbonyl (C=O) groups is 1. The first kappa shape index (κ1) is 16.7. The van der Waals surface area contributed by atoms with E-state index in [4.69, 9.17) is 11.6 Å². The number of amides is 1. The van der Waals surface area contributed by atoms with Gasteiger partial charge in [0.05, 0.1) is 34.6 Å². The molecular weight excluding hydrogens is 352 g/mol. The number of carbonyl (C=O) groups excluding carboxylic acids is 1. The van der Waals surface area contributed by atoms with Crippen LogP contribution in [0, 0.1) is 0 Å². The summed E-state index contributed by atoms with van der Waals surface area (Å²) in [6.45, 7) is 0. The number of nitrogens with one attached hydrogen (secondary N) is 2. The van der Waals surface area contributed by atoms with E-state index in [1.54, 1.807) is 24.3 Å². The Kier molecular flexibility index (Phi) is 4.68. The molecule has 1 atom stereocenters. The van der Waals surface area contributed by atoms with Crippen molar-refractivity contribution >= 4 is 38.9 Å². The van der Waals surface area contributed by atoms with Crippen molar-refractivity contribution in [2.45, 2.75) is 12.5 Å². The van der Waals surface area contributed by atoms with Crippen LogP contribution in [0.4, 0.5) is 11.5 Å². The van der Waals surface area contributed by atoms with Crippen LogP contribution in [0.2, 0.25) is 5.02 Å². The number of aromatic nitrogens is 2. The second-order valence-corrected chi connectivity index (χ2v) is 8.10. The van der Waals surface area contributed by atoms with Gasteiger partial charge in [-0.1, -0.05) is 23.7 Å². The molecule has 0 bridgehead atoms. The lowest BCUT2D eigenvalue weighted by Gasteiger charge is -2.11. The van der Waals surface area contributed by atoms with Crippen molar-refractivity contribution in [3.05, 3.63) is 47.4 Å². The summed E-state index contributed by atoms with van der Waals surface area (Å²) in [5, 5.41) is 6.10. The quantitative estimate of drug-likeness (QED) is 0.858. The molecule has 2 aromatic rings. The van der Waals surface area contributed by atoms with Crippen LogP contribution < -0.4 is 10.6 Å². The van der Waals surface area contributed by atoms with E-state index in [2.05, 4.69) is 20.6 Å². The molecule has 7 nitrogen and oxygen atoms in total. The third-order valence-electron chi connectivity index (χ3n) is 3.59. The summed E-state index contributed by atoms with van der Waals surface area (Å²) in [6.07, 6.45) is 3.28. The molecule has 9 heteroatoms. The van der Waals surface area contributed by atoms with Crippen molar-refractivity contribution in [3.63, 3.8) is 0 Å². The summed E-state index contributed by atoms with van der Waals surface area (Å²) < 4.78 is 22.9. The summed E-state index contributed by atoms with van der Waals surface area (Å²) in [4.78, 5) is 20.3. The Hall–Kier alpha value is -2.19. The second-order valence-electron chi connectivity index (χ2n) is 5.47. The van der Waals surface area contributed by atoms with Gasteiger partial charge in [0, 0.05) is 6.04 Å². The third kappa shape index (κ3) is 4.01. The van der Waals surface area contributed by atoms with Crippen LogP contribution in [0.5, 0.6) is 0 Å². The largest absolute Gasteiger partial charge is 0.365 e. The van der Waals surface area contributed by atoms with Crippen molar-refractivity contribution in [1.29, 1.82) is 0 Å². The average molecular weight is 367 g/mol. The molecular formula is C15H15ClN4O3S. The van der Waals surface area contributed by atoms with Crippen LogP contribution in [0.25, 0.3) is 0 Å². The summed E-state index contributed by atoms with van der Waals surface area (Å²) in [6, 6.07) is 6.71. The molecule has 2 N–H and O–H groups in total. The fraction of sp³-hybridized carbons (Fsp3) is 0.267. The summed E-state index contributed by atoms with van der Waals surface area (Å²) >= 11 is 5.99. The number of hydrogen-bond acceptors (Lipinski definition) is 6. The first-order chi connectivity index (χ1) is 11.4. The molecule has 0 radical (unpaired) electrons. The van der Waals surface area contributed by atoms with Gasteiger partial charge < -0.3 is 10.6 Å². The van der Waals surface area contributed by atoms with E-state index < -0.39 is 15.7 Å². The van der Waals surface area contributed by atoms with Crippen LogP contribution in [-0.4, -0.2) is 41.8 Å². The molecule has 1 aromatic heterocycles. The maximum Gasteiger partial charge on any atom is 0.275 e. The molecule has 1 saturated heterocycles. The minimum Gasteiger partial charge on any atom is -0.365 e. The van der Waals surface area contributed by atoms with Gasteiger partial charge in [-0.25, -0.2) is 18.4 Å². The number of halogens is 1. The molecule has 0 aliphatic carbocycles.